The Bertz CT molecular complexity index is 379. The van der Waals surface area contributed by atoms with Gasteiger partial charge in [-0.25, -0.2) is 4.39 Å². The van der Waals surface area contributed by atoms with Crippen LogP contribution in [0.2, 0.25) is 0 Å². The topological polar surface area (TPSA) is 37.3 Å². The molecule has 1 atom stereocenters. The van der Waals surface area contributed by atoms with Crippen molar-refractivity contribution in [1.29, 1.82) is 0 Å². The Kier molecular flexibility index (Phi) is 4.93. The van der Waals surface area contributed by atoms with Gasteiger partial charge in [-0.1, -0.05) is 29.3 Å². The predicted octanol–water partition coefficient (Wildman–Crippen LogP) is 3.63. The van der Waals surface area contributed by atoms with Crippen molar-refractivity contribution in [3.8, 4) is 0 Å². The second-order valence-electron chi connectivity index (χ2n) is 3.76. The first-order chi connectivity index (χ1) is 7.54. The Morgan fingerprint density at radius 1 is 1.56 bits per heavy atom. The molecule has 1 N–H and O–H groups in total. The highest BCUT2D eigenvalue weighted by Crippen LogP contribution is 2.23. The van der Waals surface area contributed by atoms with Crippen molar-refractivity contribution in [1.82, 2.24) is 0 Å². The van der Waals surface area contributed by atoms with Gasteiger partial charge in [0.15, 0.2) is 0 Å². The van der Waals surface area contributed by atoms with E-state index in [2.05, 4.69) is 15.9 Å². The molecular weight excluding hydrogens is 275 g/mol. The molecule has 0 amide bonds. The summed E-state index contributed by atoms with van der Waals surface area (Å²) in [6.07, 6.45) is 1.78. The standard InChI is InChI=1S/C12H14BrFO2/c1-2-3-8(12(15)16)6-9-7-10(14)4-5-11(9)13/h4-5,7-8H,2-3,6H2,1H3,(H,15,16). The molecule has 1 aromatic carbocycles. The summed E-state index contributed by atoms with van der Waals surface area (Å²) < 4.78 is 13.8. The molecule has 0 spiro atoms. The summed E-state index contributed by atoms with van der Waals surface area (Å²) in [6.45, 7) is 1.94. The first-order valence-electron chi connectivity index (χ1n) is 5.21. The van der Waals surface area contributed by atoms with E-state index in [1.165, 1.54) is 12.1 Å². The maximum Gasteiger partial charge on any atom is 0.306 e. The first kappa shape index (κ1) is 13.2. The minimum atomic E-state index is -0.821. The van der Waals surface area contributed by atoms with E-state index in [-0.39, 0.29) is 5.82 Å². The average Bonchev–Trinajstić information content (AvgIpc) is 2.22. The maximum absolute atomic E-state index is 13.0. The van der Waals surface area contributed by atoms with Crippen LogP contribution in [0.1, 0.15) is 25.3 Å². The Labute approximate surface area is 103 Å². The summed E-state index contributed by atoms with van der Waals surface area (Å²) in [5.74, 6) is -1.60. The summed E-state index contributed by atoms with van der Waals surface area (Å²) in [6, 6.07) is 4.34. The normalized spacial score (nSPS) is 12.4. The Hall–Kier alpha value is -0.900. The smallest absolute Gasteiger partial charge is 0.306 e. The number of hydrogen-bond acceptors (Lipinski definition) is 1. The molecular formula is C12H14BrFO2. The van der Waals surface area contributed by atoms with Crippen molar-refractivity contribution in [2.45, 2.75) is 26.2 Å². The molecule has 1 rings (SSSR count). The lowest BCUT2D eigenvalue weighted by Crippen LogP contribution is -2.16. The predicted molar refractivity (Wildman–Crippen MR) is 63.8 cm³/mol. The fourth-order valence-corrected chi connectivity index (χ4v) is 2.04. The van der Waals surface area contributed by atoms with E-state index in [1.807, 2.05) is 6.92 Å². The maximum atomic E-state index is 13.0. The van der Waals surface area contributed by atoms with Gasteiger partial charge in [-0.15, -0.1) is 0 Å². The second-order valence-corrected chi connectivity index (χ2v) is 4.62. The van der Waals surface area contributed by atoms with Crippen LogP contribution < -0.4 is 0 Å². The highest BCUT2D eigenvalue weighted by molar-refractivity contribution is 9.10. The molecule has 0 fully saturated rings. The zero-order valence-corrected chi connectivity index (χ0v) is 10.6. The van der Waals surface area contributed by atoms with Crippen LogP contribution in [-0.4, -0.2) is 11.1 Å². The van der Waals surface area contributed by atoms with Gasteiger partial charge in [-0.3, -0.25) is 4.79 Å². The minimum Gasteiger partial charge on any atom is -0.481 e. The number of rotatable bonds is 5. The first-order valence-corrected chi connectivity index (χ1v) is 6.00. The summed E-state index contributed by atoms with van der Waals surface area (Å²) in [4.78, 5) is 11.0. The number of aliphatic carboxylic acids is 1. The number of hydrogen-bond donors (Lipinski definition) is 1. The van der Waals surface area contributed by atoms with Gasteiger partial charge in [0, 0.05) is 4.47 Å². The zero-order valence-electron chi connectivity index (χ0n) is 9.04. The van der Waals surface area contributed by atoms with E-state index in [4.69, 9.17) is 5.11 Å². The van der Waals surface area contributed by atoms with Gasteiger partial charge in [0.25, 0.3) is 0 Å². The Morgan fingerprint density at radius 3 is 2.81 bits per heavy atom. The fraction of sp³-hybridized carbons (Fsp3) is 0.417. The highest BCUT2D eigenvalue weighted by Gasteiger charge is 2.18. The average molecular weight is 289 g/mol. The van der Waals surface area contributed by atoms with E-state index in [1.54, 1.807) is 6.07 Å². The van der Waals surface area contributed by atoms with E-state index >= 15 is 0 Å². The van der Waals surface area contributed by atoms with Gasteiger partial charge in [-0.2, -0.15) is 0 Å². The second kappa shape index (κ2) is 5.99. The molecule has 2 nitrogen and oxygen atoms in total. The van der Waals surface area contributed by atoms with Gasteiger partial charge in [0.2, 0.25) is 0 Å². The van der Waals surface area contributed by atoms with Crippen LogP contribution in [0.4, 0.5) is 4.39 Å². The minimum absolute atomic E-state index is 0.334. The molecule has 0 aromatic heterocycles. The lowest BCUT2D eigenvalue weighted by atomic mass is 9.95. The summed E-state index contributed by atoms with van der Waals surface area (Å²) in [7, 11) is 0. The van der Waals surface area contributed by atoms with Gasteiger partial charge >= 0.3 is 5.97 Å². The monoisotopic (exact) mass is 288 g/mol. The van der Waals surface area contributed by atoms with E-state index < -0.39 is 11.9 Å². The molecule has 0 aliphatic heterocycles. The van der Waals surface area contributed by atoms with Gasteiger partial charge in [-0.05, 0) is 36.6 Å². The van der Waals surface area contributed by atoms with Crippen molar-refractivity contribution in [3.05, 3.63) is 34.1 Å². The molecule has 0 bridgehead atoms. The third-order valence-electron chi connectivity index (χ3n) is 2.46. The summed E-state index contributed by atoms with van der Waals surface area (Å²) in [5, 5.41) is 9.02. The van der Waals surface area contributed by atoms with Crippen LogP contribution in [0.3, 0.4) is 0 Å². The van der Waals surface area contributed by atoms with Crippen molar-refractivity contribution >= 4 is 21.9 Å². The molecule has 1 aromatic rings. The number of benzene rings is 1. The van der Waals surface area contributed by atoms with Crippen LogP contribution in [0, 0.1) is 11.7 Å². The largest absolute Gasteiger partial charge is 0.481 e. The van der Waals surface area contributed by atoms with Crippen LogP contribution in [0.15, 0.2) is 22.7 Å². The number of carboxylic acid groups (broad SMARTS) is 1. The quantitative estimate of drug-likeness (QED) is 0.898. The van der Waals surface area contributed by atoms with Crippen molar-refractivity contribution in [2.24, 2.45) is 5.92 Å². The fourth-order valence-electron chi connectivity index (χ4n) is 1.63. The van der Waals surface area contributed by atoms with Gasteiger partial charge in [0.1, 0.15) is 5.82 Å². The summed E-state index contributed by atoms with van der Waals surface area (Å²) in [5.41, 5.74) is 0.709. The third kappa shape index (κ3) is 3.59. The van der Waals surface area contributed by atoms with Gasteiger partial charge in [0.05, 0.1) is 5.92 Å². The van der Waals surface area contributed by atoms with E-state index in [0.717, 1.165) is 10.9 Å². The highest BCUT2D eigenvalue weighted by atomic mass is 79.9. The SMILES string of the molecule is CCCC(Cc1cc(F)ccc1Br)C(=O)O. The molecule has 0 aliphatic rings. The lowest BCUT2D eigenvalue weighted by Gasteiger charge is -2.12. The molecule has 0 radical (unpaired) electrons. The number of carboxylic acids is 1. The zero-order chi connectivity index (χ0) is 12.1. The molecule has 88 valence electrons. The van der Waals surface area contributed by atoms with E-state index in [0.29, 0.717) is 18.4 Å². The van der Waals surface area contributed by atoms with Crippen LogP contribution in [0.25, 0.3) is 0 Å². The van der Waals surface area contributed by atoms with Crippen LogP contribution in [0.5, 0.6) is 0 Å². The molecule has 0 saturated heterocycles. The molecule has 0 saturated carbocycles. The van der Waals surface area contributed by atoms with E-state index in [9.17, 15) is 9.18 Å². The molecule has 0 aliphatic carbocycles. The van der Waals surface area contributed by atoms with Crippen molar-refractivity contribution < 1.29 is 14.3 Å². The molecule has 16 heavy (non-hydrogen) atoms. The molecule has 1 unspecified atom stereocenters. The molecule has 4 heteroatoms. The Balaban J connectivity index is 2.84. The summed E-state index contributed by atoms with van der Waals surface area (Å²) >= 11 is 3.30. The lowest BCUT2D eigenvalue weighted by molar-refractivity contribution is -0.141. The number of halogens is 2. The van der Waals surface area contributed by atoms with Crippen LogP contribution >= 0.6 is 15.9 Å². The van der Waals surface area contributed by atoms with Crippen molar-refractivity contribution in [2.75, 3.05) is 0 Å². The Morgan fingerprint density at radius 2 is 2.25 bits per heavy atom. The molecule has 0 heterocycles. The number of carbonyl (C=O) groups is 1. The third-order valence-corrected chi connectivity index (χ3v) is 3.23. The van der Waals surface area contributed by atoms with Gasteiger partial charge < -0.3 is 5.11 Å². The van der Waals surface area contributed by atoms with Crippen molar-refractivity contribution in [3.63, 3.8) is 0 Å². The van der Waals surface area contributed by atoms with Crippen LogP contribution in [-0.2, 0) is 11.2 Å².